The number of alkyl halides is 2. The van der Waals surface area contributed by atoms with Crippen molar-refractivity contribution in [2.24, 2.45) is 0 Å². The second kappa shape index (κ2) is 6.67. The second-order valence-corrected chi connectivity index (χ2v) is 5.14. The molecule has 2 aromatic heterocycles. The third-order valence-electron chi connectivity index (χ3n) is 3.59. The van der Waals surface area contributed by atoms with Gasteiger partial charge in [0.05, 0.1) is 17.1 Å². The molecule has 0 unspecified atom stereocenters. The van der Waals surface area contributed by atoms with E-state index in [1.54, 1.807) is 0 Å². The lowest BCUT2D eigenvalue weighted by molar-refractivity contribution is 0.153. The number of H-pyrrole nitrogens is 1. The molecule has 3 N–H and O–H groups in total. The van der Waals surface area contributed by atoms with Crippen LogP contribution in [0.5, 0.6) is 0 Å². The predicted molar refractivity (Wildman–Crippen MR) is 84.2 cm³/mol. The number of hydrogen-bond donors (Lipinski definition) is 3. The van der Waals surface area contributed by atoms with Crippen molar-refractivity contribution in [3.63, 3.8) is 0 Å². The van der Waals surface area contributed by atoms with Crippen molar-refractivity contribution >= 4 is 17.0 Å². The molecule has 0 radical (unpaired) electrons. The molecule has 2 heterocycles. The van der Waals surface area contributed by atoms with Crippen LogP contribution in [0.4, 0.5) is 13.6 Å². The molecule has 8 nitrogen and oxygen atoms in total. The monoisotopic (exact) mass is 349 g/mol. The van der Waals surface area contributed by atoms with Gasteiger partial charge in [0.2, 0.25) is 0 Å². The van der Waals surface area contributed by atoms with Crippen LogP contribution in [0.1, 0.15) is 17.8 Å². The van der Waals surface area contributed by atoms with Crippen molar-refractivity contribution in [3.05, 3.63) is 52.2 Å². The molecule has 10 heteroatoms. The molecule has 130 valence electrons. The Morgan fingerprint density at radius 3 is 2.80 bits per heavy atom. The number of carbonyl (C=O) groups is 1. The average molecular weight is 349 g/mol. The lowest BCUT2D eigenvalue weighted by atomic mass is 10.1. The van der Waals surface area contributed by atoms with E-state index in [9.17, 15) is 18.4 Å². The van der Waals surface area contributed by atoms with Gasteiger partial charge < -0.3 is 10.4 Å². The molecule has 3 rings (SSSR count). The van der Waals surface area contributed by atoms with Crippen LogP contribution in [0.3, 0.4) is 0 Å². The zero-order chi connectivity index (χ0) is 18.0. The van der Waals surface area contributed by atoms with Crippen molar-refractivity contribution in [2.75, 3.05) is 6.54 Å². The molecule has 1 aromatic carbocycles. The van der Waals surface area contributed by atoms with Crippen molar-refractivity contribution in [1.29, 1.82) is 0 Å². The molecular weight excluding hydrogens is 336 g/mol. The van der Waals surface area contributed by atoms with Crippen LogP contribution in [-0.2, 0) is 6.42 Å². The lowest BCUT2D eigenvalue weighted by Crippen LogP contribution is -2.29. The number of nitrogens with one attached hydrogen (secondary N) is 2. The number of aromatic amines is 1. The summed E-state index contributed by atoms with van der Waals surface area (Å²) in [6.45, 7) is -0.0295. The number of carboxylic acid groups (broad SMARTS) is 1. The minimum Gasteiger partial charge on any atom is -0.465 e. The van der Waals surface area contributed by atoms with Crippen LogP contribution >= 0.6 is 0 Å². The fraction of sp³-hybridized carbons (Fsp3) is 0.200. The van der Waals surface area contributed by atoms with E-state index in [4.69, 9.17) is 5.11 Å². The number of amides is 1. The Morgan fingerprint density at radius 1 is 1.36 bits per heavy atom. The molecule has 25 heavy (non-hydrogen) atoms. The van der Waals surface area contributed by atoms with Crippen LogP contribution in [0, 0.1) is 0 Å². The first-order valence-corrected chi connectivity index (χ1v) is 7.28. The van der Waals surface area contributed by atoms with Crippen LogP contribution in [-0.4, -0.2) is 37.5 Å². The normalized spacial score (nSPS) is 11.2. The van der Waals surface area contributed by atoms with Gasteiger partial charge in [-0.2, -0.15) is 5.10 Å². The summed E-state index contributed by atoms with van der Waals surface area (Å²) >= 11 is 0. The fourth-order valence-corrected chi connectivity index (χ4v) is 2.52. The number of benzene rings is 1. The Labute approximate surface area is 139 Å². The smallest absolute Gasteiger partial charge is 0.404 e. The van der Waals surface area contributed by atoms with Crippen molar-refractivity contribution in [2.45, 2.75) is 12.8 Å². The second-order valence-electron chi connectivity index (χ2n) is 5.14. The SMILES string of the molecule is O=C(O)NCCc1nc2c(C(F)F)cccc2c(=O)n1-c1ccn[nH]1. The Kier molecular flexibility index (Phi) is 4.42. The van der Waals surface area contributed by atoms with E-state index in [2.05, 4.69) is 20.5 Å². The molecule has 3 aromatic rings. The zero-order valence-electron chi connectivity index (χ0n) is 12.7. The van der Waals surface area contributed by atoms with Gasteiger partial charge in [0.25, 0.3) is 12.0 Å². The third kappa shape index (κ3) is 3.18. The quantitative estimate of drug-likeness (QED) is 0.651. The highest BCUT2D eigenvalue weighted by atomic mass is 19.3. The van der Waals surface area contributed by atoms with Gasteiger partial charge in [0.1, 0.15) is 11.6 Å². The minimum atomic E-state index is -2.79. The highest BCUT2D eigenvalue weighted by Gasteiger charge is 2.19. The topological polar surface area (TPSA) is 113 Å². The first-order chi connectivity index (χ1) is 12.0. The summed E-state index contributed by atoms with van der Waals surface area (Å²) in [7, 11) is 0. The maximum Gasteiger partial charge on any atom is 0.404 e. The van der Waals surface area contributed by atoms with Crippen LogP contribution < -0.4 is 10.9 Å². The van der Waals surface area contributed by atoms with Gasteiger partial charge in [-0.3, -0.25) is 9.89 Å². The van der Waals surface area contributed by atoms with E-state index in [0.717, 1.165) is 0 Å². The number of para-hydroxylation sites is 1. The maximum absolute atomic E-state index is 13.2. The molecule has 0 saturated carbocycles. The minimum absolute atomic E-state index is 0.0295. The lowest BCUT2D eigenvalue weighted by Gasteiger charge is -2.13. The van der Waals surface area contributed by atoms with Crippen molar-refractivity contribution < 1.29 is 18.7 Å². The number of halogens is 2. The van der Waals surface area contributed by atoms with Crippen molar-refractivity contribution in [3.8, 4) is 5.82 Å². The third-order valence-corrected chi connectivity index (χ3v) is 3.59. The molecule has 0 bridgehead atoms. The largest absolute Gasteiger partial charge is 0.465 e. The van der Waals surface area contributed by atoms with Gasteiger partial charge in [-0.1, -0.05) is 12.1 Å². The first kappa shape index (κ1) is 16.6. The van der Waals surface area contributed by atoms with Gasteiger partial charge in [-0.25, -0.2) is 23.1 Å². The fourth-order valence-electron chi connectivity index (χ4n) is 2.52. The highest BCUT2D eigenvalue weighted by Crippen LogP contribution is 2.25. The van der Waals surface area contributed by atoms with Crippen molar-refractivity contribution in [1.82, 2.24) is 25.1 Å². The van der Waals surface area contributed by atoms with Gasteiger partial charge in [-0.05, 0) is 6.07 Å². The van der Waals surface area contributed by atoms with E-state index in [-0.39, 0.29) is 35.3 Å². The number of fused-ring (bicyclic) bond motifs is 1. The molecule has 0 fully saturated rings. The summed E-state index contributed by atoms with van der Waals surface area (Å²) in [5.74, 6) is 0.454. The Morgan fingerprint density at radius 2 is 2.16 bits per heavy atom. The maximum atomic E-state index is 13.2. The number of nitrogens with zero attached hydrogens (tertiary/aromatic N) is 3. The molecule has 0 aliphatic carbocycles. The predicted octanol–water partition coefficient (Wildman–Crippen LogP) is 1.86. The average Bonchev–Trinajstić information content (AvgIpc) is 3.08. The van der Waals surface area contributed by atoms with Crippen LogP contribution in [0.2, 0.25) is 0 Å². The number of rotatable bonds is 5. The Bertz CT molecular complexity index is 969. The van der Waals surface area contributed by atoms with E-state index in [0.29, 0.717) is 5.82 Å². The van der Waals surface area contributed by atoms with E-state index >= 15 is 0 Å². The summed E-state index contributed by atoms with van der Waals surface area (Å²) in [4.78, 5) is 27.6. The van der Waals surface area contributed by atoms with E-state index in [1.807, 2.05) is 0 Å². The molecule has 0 atom stereocenters. The summed E-state index contributed by atoms with van der Waals surface area (Å²) in [5, 5.41) is 17.3. The molecule has 0 aliphatic heterocycles. The van der Waals surface area contributed by atoms with Crippen LogP contribution in [0.15, 0.2) is 35.3 Å². The summed E-state index contributed by atoms with van der Waals surface area (Å²) in [6.07, 6.45) is -2.55. The van der Waals surface area contributed by atoms with Gasteiger partial charge in [0.15, 0.2) is 0 Å². The Balaban J connectivity index is 2.22. The van der Waals surface area contributed by atoms with Gasteiger partial charge >= 0.3 is 6.09 Å². The summed E-state index contributed by atoms with van der Waals surface area (Å²) in [5.41, 5.74) is -0.982. The molecular formula is C15H13F2N5O3. The Hall–Kier alpha value is -3.30. The molecule has 0 spiro atoms. The highest BCUT2D eigenvalue weighted by molar-refractivity contribution is 5.81. The van der Waals surface area contributed by atoms with E-state index in [1.165, 1.54) is 35.0 Å². The molecule has 0 aliphatic rings. The first-order valence-electron chi connectivity index (χ1n) is 7.28. The summed E-state index contributed by atoms with van der Waals surface area (Å²) in [6, 6.07) is 5.53. The van der Waals surface area contributed by atoms with Crippen LogP contribution in [0.25, 0.3) is 16.7 Å². The zero-order valence-corrected chi connectivity index (χ0v) is 12.7. The van der Waals surface area contributed by atoms with Gasteiger partial charge in [0, 0.05) is 24.6 Å². The summed E-state index contributed by atoms with van der Waals surface area (Å²) < 4.78 is 27.7. The van der Waals surface area contributed by atoms with Gasteiger partial charge in [-0.15, -0.1) is 0 Å². The van der Waals surface area contributed by atoms with E-state index < -0.39 is 18.1 Å². The standard InChI is InChI=1S/C15H13F2N5O3/c16-13(17)8-2-1-3-9-12(8)20-10(4-6-18-15(24)25)22(14(9)23)11-5-7-19-21-11/h1-3,5,7,13,18H,4,6H2,(H,19,21)(H,24,25). The molecule has 0 saturated heterocycles. The number of aromatic nitrogens is 4. The molecule has 1 amide bonds. The number of hydrogen-bond acceptors (Lipinski definition) is 4.